The number of aryl methyl sites for hydroxylation is 1. The molecule has 0 aliphatic carbocycles. The highest BCUT2D eigenvalue weighted by atomic mass is 35.5. The van der Waals surface area contributed by atoms with E-state index in [1.807, 2.05) is 5.38 Å². The number of carbonyl (C=O) groups is 1. The van der Waals surface area contributed by atoms with Gasteiger partial charge in [0.2, 0.25) is 0 Å². The van der Waals surface area contributed by atoms with Crippen LogP contribution in [0.3, 0.4) is 0 Å². The monoisotopic (exact) mass is 348 g/mol. The van der Waals surface area contributed by atoms with Crippen LogP contribution in [-0.2, 0) is 0 Å². The topological polar surface area (TPSA) is 32.3 Å². The van der Waals surface area contributed by atoms with E-state index in [1.54, 1.807) is 11.3 Å². The van der Waals surface area contributed by atoms with Gasteiger partial charge in [0.25, 0.3) is 5.91 Å². The molecule has 2 atom stereocenters. The van der Waals surface area contributed by atoms with Crippen LogP contribution < -0.4 is 5.32 Å². The van der Waals surface area contributed by atoms with Crippen molar-refractivity contribution in [1.82, 2.24) is 10.2 Å². The normalized spacial score (nSPS) is 22.7. The molecule has 122 valence electrons. The predicted octanol–water partition coefficient (Wildman–Crippen LogP) is 3.44. The summed E-state index contributed by atoms with van der Waals surface area (Å²) in [5.41, 5.74) is 3.45. The van der Waals surface area contributed by atoms with Gasteiger partial charge in [-0.05, 0) is 35.8 Å². The van der Waals surface area contributed by atoms with Crippen LogP contribution in [0, 0.1) is 18.8 Å². The fourth-order valence-electron chi connectivity index (χ4n) is 3.60. The number of halogens is 1. The Bertz CT molecular complexity index is 685. The fraction of sp³-hybridized carbons (Fsp3) is 0.389. The molecule has 2 aliphatic rings. The van der Waals surface area contributed by atoms with Crippen molar-refractivity contribution in [2.24, 2.45) is 11.8 Å². The highest BCUT2D eigenvalue weighted by molar-refractivity contribution is 7.12. The van der Waals surface area contributed by atoms with Crippen molar-refractivity contribution in [2.75, 3.05) is 26.2 Å². The van der Waals surface area contributed by atoms with Gasteiger partial charge in [-0.3, -0.25) is 4.79 Å². The van der Waals surface area contributed by atoms with Crippen molar-refractivity contribution >= 4 is 29.7 Å². The first-order valence-corrected chi connectivity index (χ1v) is 8.75. The Kier molecular flexibility index (Phi) is 4.76. The van der Waals surface area contributed by atoms with Crippen LogP contribution >= 0.6 is 23.7 Å². The molecule has 0 bridgehead atoms. The summed E-state index contributed by atoms with van der Waals surface area (Å²) in [5.74, 6) is 1.50. The molecule has 2 fully saturated rings. The van der Waals surface area contributed by atoms with E-state index in [1.165, 1.54) is 5.56 Å². The molecule has 2 saturated heterocycles. The van der Waals surface area contributed by atoms with Crippen LogP contribution in [0.5, 0.6) is 0 Å². The number of nitrogens with zero attached hydrogens (tertiary/aromatic N) is 1. The molecular weight excluding hydrogens is 328 g/mol. The zero-order chi connectivity index (χ0) is 15.1. The second kappa shape index (κ2) is 6.63. The number of carbonyl (C=O) groups excluding carboxylic acids is 1. The Hall–Kier alpha value is -1.36. The second-order valence-electron chi connectivity index (χ2n) is 6.42. The van der Waals surface area contributed by atoms with E-state index in [4.69, 9.17) is 0 Å². The largest absolute Gasteiger partial charge is 0.337 e. The van der Waals surface area contributed by atoms with E-state index in [0.29, 0.717) is 11.8 Å². The van der Waals surface area contributed by atoms with Crippen LogP contribution in [0.15, 0.2) is 35.7 Å². The lowest BCUT2D eigenvalue weighted by molar-refractivity contribution is 0.0787. The lowest BCUT2D eigenvalue weighted by Gasteiger charge is -2.17. The number of thiophene rings is 1. The number of benzene rings is 1. The molecular formula is C18H21ClN2OS. The molecule has 2 aliphatic heterocycles. The van der Waals surface area contributed by atoms with Gasteiger partial charge in [-0.2, -0.15) is 0 Å². The predicted molar refractivity (Wildman–Crippen MR) is 97.5 cm³/mol. The van der Waals surface area contributed by atoms with Crippen LogP contribution in [-0.4, -0.2) is 37.0 Å². The highest BCUT2D eigenvalue weighted by Crippen LogP contribution is 2.33. The van der Waals surface area contributed by atoms with E-state index in [0.717, 1.165) is 42.2 Å². The summed E-state index contributed by atoms with van der Waals surface area (Å²) in [6.45, 7) is 6.01. The zero-order valence-corrected chi connectivity index (χ0v) is 14.8. The fourth-order valence-corrected chi connectivity index (χ4v) is 4.48. The van der Waals surface area contributed by atoms with E-state index in [9.17, 15) is 4.79 Å². The van der Waals surface area contributed by atoms with E-state index in [2.05, 4.69) is 47.5 Å². The standard InChI is InChI=1S/C18H20N2OS.ClH/c1-12-2-4-13(5-3-12)16-6-7-22-17(16)18(21)20-10-14-8-19-9-15(14)11-20;/h2-7,14-15,19H,8-11H2,1H3;1H/t14-,15+;. The molecule has 3 heterocycles. The SMILES string of the molecule is Cc1ccc(-c2ccsc2C(=O)N2C[C@H]3CNC[C@H]3C2)cc1.Cl. The molecule has 0 radical (unpaired) electrons. The van der Waals surface area contributed by atoms with E-state index in [-0.39, 0.29) is 18.3 Å². The Labute approximate surface area is 147 Å². The second-order valence-corrected chi connectivity index (χ2v) is 7.33. The van der Waals surface area contributed by atoms with Crippen LogP contribution in [0.1, 0.15) is 15.2 Å². The summed E-state index contributed by atoms with van der Waals surface area (Å²) < 4.78 is 0. The van der Waals surface area contributed by atoms with Gasteiger partial charge in [0, 0.05) is 31.7 Å². The maximum absolute atomic E-state index is 12.9. The number of hydrogen-bond acceptors (Lipinski definition) is 3. The Balaban J connectivity index is 0.00000156. The van der Waals surface area contributed by atoms with Crippen LogP contribution in [0.4, 0.5) is 0 Å². The van der Waals surface area contributed by atoms with Crippen LogP contribution in [0.25, 0.3) is 11.1 Å². The third-order valence-electron chi connectivity index (χ3n) is 4.90. The molecule has 1 aromatic carbocycles. The Morgan fingerprint density at radius 3 is 2.43 bits per heavy atom. The molecule has 3 nitrogen and oxygen atoms in total. The summed E-state index contributed by atoms with van der Waals surface area (Å²) in [5, 5.41) is 5.45. The van der Waals surface area contributed by atoms with Gasteiger partial charge < -0.3 is 10.2 Å². The first-order chi connectivity index (χ1) is 10.7. The van der Waals surface area contributed by atoms with Gasteiger partial charge >= 0.3 is 0 Å². The molecule has 0 spiro atoms. The summed E-state index contributed by atoms with van der Waals surface area (Å²) in [6.07, 6.45) is 0. The summed E-state index contributed by atoms with van der Waals surface area (Å²) >= 11 is 1.56. The maximum atomic E-state index is 12.9. The quantitative estimate of drug-likeness (QED) is 0.901. The number of rotatable bonds is 2. The molecule has 1 amide bonds. The van der Waals surface area contributed by atoms with Crippen molar-refractivity contribution in [2.45, 2.75) is 6.92 Å². The number of nitrogens with one attached hydrogen (secondary N) is 1. The average molecular weight is 349 g/mol. The summed E-state index contributed by atoms with van der Waals surface area (Å²) in [6, 6.07) is 10.5. The van der Waals surface area contributed by atoms with Crippen molar-refractivity contribution in [3.63, 3.8) is 0 Å². The van der Waals surface area contributed by atoms with E-state index >= 15 is 0 Å². The average Bonchev–Trinajstić information content (AvgIpc) is 3.22. The Morgan fingerprint density at radius 2 is 1.78 bits per heavy atom. The maximum Gasteiger partial charge on any atom is 0.264 e. The van der Waals surface area contributed by atoms with Gasteiger partial charge in [-0.25, -0.2) is 0 Å². The Morgan fingerprint density at radius 1 is 1.13 bits per heavy atom. The number of hydrogen-bond donors (Lipinski definition) is 1. The number of likely N-dealkylation sites (tertiary alicyclic amines) is 1. The first-order valence-electron chi connectivity index (χ1n) is 7.87. The number of amides is 1. The minimum absolute atomic E-state index is 0. The zero-order valence-electron chi connectivity index (χ0n) is 13.1. The van der Waals surface area contributed by atoms with Gasteiger partial charge in [0.05, 0.1) is 4.88 Å². The molecule has 2 aromatic rings. The first kappa shape index (κ1) is 16.5. The molecule has 1 aromatic heterocycles. The third kappa shape index (κ3) is 3.03. The third-order valence-corrected chi connectivity index (χ3v) is 5.80. The van der Waals surface area contributed by atoms with Crippen molar-refractivity contribution < 1.29 is 4.79 Å². The van der Waals surface area contributed by atoms with Crippen LogP contribution in [0.2, 0.25) is 0 Å². The molecule has 23 heavy (non-hydrogen) atoms. The summed E-state index contributed by atoms with van der Waals surface area (Å²) in [4.78, 5) is 15.9. The minimum atomic E-state index is 0. The minimum Gasteiger partial charge on any atom is -0.337 e. The molecule has 0 saturated carbocycles. The van der Waals surface area contributed by atoms with E-state index < -0.39 is 0 Å². The van der Waals surface area contributed by atoms with Gasteiger partial charge in [0.1, 0.15) is 0 Å². The smallest absolute Gasteiger partial charge is 0.264 e. The van der Waals surface area contributed by atoms with Gasteiger partial charge in [0.15, 0.2) is 0 Å². The van der Waals surface area contributed by atoms with Gasteiger partial charge in [-0.15, -0.1) is 23.7 Å². The highest BCUT2D eigenvalue weighted by Gasteiger charge is 2.38. The molecule has 4 rings (SSSR count). The molecule has 0 unspecified atom stereocenters. The molecule has 5 heteroatoms. The van der Waals surface area contributed by atoms with Gasteiger partial charge in [-0.1, -0.05) is 29.8 Å². The molecule has 1 N–H and O–H groups in total. The van der Waals surface area contributed by atoms with Crippen molar-refractivity contribution in [3.8, 4) is 11.1 Å². The summed E-state index contributed by atoms with van der Waals surface area (Å²) in [7, 11) is 0. The van der Waals surface area contributed by atoms with Crippen molar-refractivity contribution in [3.05, 3.63) is 46.2 Å². The lowest BCUT2D eigenvalue weighted by atomic mass is 10.0. The number of fused-ring (bicyclic) bond motifs is 1. The van der Waals surface area contributed by atoms with Crippen molar-refractivity contribution in [1.29, 1.82) is 0 Å². The lowest BCUT2D eigenvalue weighted by Crippen LogP contribution is -2.31.